The lowest BCUT2D eigenvalue weighted by molar-refractivity contribution is 0.100. The first-order valence-electron chi connectivity index (χ1n) is 17.6. The number of fused-ring (bicyclic) bond motifs is 2. The first-order valence-corrected chi connectivity index (χ1v) is 20.9. The number of phenolic OH excluding ortho intramolecular Hbond substituents is 2. The van der Waals surface area contributed by atoms with E-state index in [1.54, 1.807) is 22.9 Å². The molecule has 0 fully saturated rings. The highest BCUT2D eigenvalue weighted by Crippen LogP contribution is 2.46. The normalized spacial score (nSPS) is 15.4. The minimum atomic E-state index is -0.317. The van der Waals surface area contributed by atoms with Crippen LogP contribution in [0.3, 0.4) is 0 Å². The summed E-state index contributed by atoms with van der Waals surface area (Å²) in [7, 11) is 0. The van der Waals surface area contributed by atoms with Gasteiger partial charge in [-0.3, -0.25) is 19.2 Å². The monoisotopic (exact) mass is 892 g/mol. The molecule has 10 heteroatoms. The van der Waals surface area contributed by atoms with Crippen LogP contribution in [-0.4, -0.2) is 33.3 Å². The van der Waals surface area contributed by atoms with Crippen LogP contribution in [0.2, 0.25) is 0 Å². The van der Waals surface area contributed by atoms with Crippen LogP contribution < -0.4 is 0 Å². The number of benzene rings is 2. The molecule has 2 aromatic heterocycles. The van der Waals surface area contributed by atoms with E-state index in [1.165, 1.54) is 22.7 Å². The van der Waals surface area contributed by atoms with Crippen LogP contribution in [0.1, 0.15) is 157 Å². The highest BCUT2D eigenvalue weighted by atomic mass is 79.9. The molecule has 2 aliphatic rings. The van der Waals surface area contributed by atoms with Gasteiger partial charge in [-0.1, -0.05) is 83.1 Å². The van der Waals surface area contributed by atoms with Gasteiger partial charge in [0.2, 0.25) is 17.3 Å². The average molecular weight is 895 g/mol. The van der Waals surface area contributed by atoms with Crippen molar-refractivity contribution in [2.45, 2.75) is 105 Å². The summed E-state index contributed by atoms with van der Waals surface area (Å²) in [5.41, 5.74) is 4.71. The number of carbonyl (C=O) groups excluding carboxylic acids is 4. The highest BCUT2D eigenvalue weighted by Gasteiger charge is 2.37. The average Bonchev–Trinajstić information content (AvgIpc) is 3.74. The van der Waals surface area contributed by atoms with Crippen molar-refractivity contribution in [3.8, 4) is 11.5 Å². The SMILES string of the molecule is CC(C)(C)c1cc(C2=C(Br)C(=O)c3ccsc3C2=O)cc(C(C)(C)C)c1O.CC(C)(C)c1cc(C2=C(Br)C(=O)c3sccc3C2=O)cc(C(C)(C)C)c1O. The van der Waals surface area contributed by atoms with Gasteiger partial charge in [-0.2, -0.15) is 0 Å². The zero-order chi connectivity index (χ0) is 40.6. The second-order valence-corrected chi connectivity index (χ2v) is 21.3. The molecular weight excluding hydrogens is 848 g/mol. The molecule has 54 heavy (non-hydrogen) atoms. The molecule has 6 rings (SSSR count). The predicted octanol–water partition coefficient (Wildman–Crippen LogP) is 12.5. The Kier molecular flexibility index (Phi) is 11.0. The number of Topliss-reactive ketones (excluding diaryl/α,β-unsaturated/α-hetero) is 4. The first kappa shape index (κ1) is 41.7. The molecule has 0 unspecified atom stereocenters. The first-order chi connectivity index (χ1) is 24.7. The molecule has 6 nitrogen and oxygen atoms in total. The fourth-order valence-corrected chi connectivity index (χ4v) is 9.62. The van der Waals surface area contributed by atoms with Crippen LogP contribution in [0.15, 0.2) is 56.1 Å². The van der Waals surface area contributed by atoms with Gasteiger partial charge >= 0.3 is 0 Å². The molecule has 0 spiro atoms. The third-order valence-electron chi connectivity index (χ3n) is 9.55. The number of ketones is 4. The minimum Gasteiger partial charge on any atom is -0.507 e. The van der Waals surface area contributed by atoms with Crippen LogP contribution in [0.5, 0.6) is 11.5 Å². The molecule has 0 radical (unpaired) electrons. The van der Waals surface area contributed by atoms with E-state index in [9.17, 15) is 29.4 Å². The Morgan fingerprint density at radius 3 is 1.11 bits per heavy atom. The number of hydrogen-bond acceptors (Lipinski definition) is 8. The van der Waals surface area contributed by atoms with Crippen molar-refractivity contribution < 1.29 is 29.4 Å². The number of halogens is 2. The smallest absolute Gasteiger partial charge is 0.211 e. The summed E-state index contributed by atoms with van der Waals surface area (Å²) in [6.07, 6.45) is 0. The lowest BCUT2D eigenvalue weighted by Gasteiger charge is -2.29. The van der Waals surface area contributed by atoms with Crippen molar-refractivity contribution in [2.75, 3.05) is 0 Å². The van der Waals surface area contributed by atoms with Gasteiger partial charge < -0.3 is 10.2 Å². The number of thiophene rings is 2. The van der Waals surface area contributed by atoms with Gasteiger partial charge in [0.15, 0.2) is 5.78 Å². The molecule has 0 amide bonds. The summed E-state index contributed by atoms with van der Waals surface area (Å²) in [6, 6.07) is 10.7. The zero-order valence-corrected chi connectivity index (χ0v) is 37.5. The van der Waals surface area contributed by atoms with Crippen LogP contribution in [0.4, 0.5) is 0 Å². The number of phenols is 2. The van der Waals surface area contributed by atoms with E-state index in [-0.39, 0.29) is 65.3 Å². The molecule has 284 valence electrons. The standard InChI is InChI=1S/2C22H23BrO3S/c1-21(2,3)13-9-11(10-14(18(13)25)22(4,5)6)15-16(23)17(24)12-7-8-27-20(12)19(15)26;1-21(2,3)13-9-11(10-14(18(13)25)22(4,5)6)15-16(23)19(26)20-12(17(15)24)7-8-27-20/h2*7-10,25H,1-6H3. The van der Waals surface area contributed by atoms with Crippen molar-refractivity contribution in [3.05, 3.63) is 110 Å². The third kappa shape index (κ3) is 7.56. The van der Waals surface area contributed by atoms with Crippen molar-refractivity contribution >= 4 is 88.8 Å². The summed E-state index contributed by atoms with van der Waals surface area (Å²) in [4.78, 5) is 52.7. The van der Waals surface area contributed by atoms with E-state index >= 15 is 0 Å². The number of allylic oxidation sites excluding steroid dienone is 4. The van der Waals surface area contributed by atoms with Crippen LogP contribution in [0, 0.1) is 0 Å². The fraction of sp³-hybridized carbons (Fsp3) is 0.364. The molecule has 0 aliphatic heterocycles. The predicted molar refractivity (Wildman–Crippen MR) is 229 cm³/mol. The van der Waals surface area contributed by atoms with E-state index in [0.29, 0.717) is 43.2 Å². The summed E-state index contributed by atoms with van der Waals surface area (Å²) < 4.78 is 0.566. The van der Waals surface area contributed by atoms with E-state index in [2.05, 4.69) is 31.9 Å². The highest BCUT2D eigenvalue weighted by molar-refractivity contribution is 9.12. The number of rotatable bonds is 2. The van der Waals surface area contributed by atoms with Crippen LogP contribution >= 0.6 is 54.5 Å². The van der Waals surface area contributed by atoms with Gasteiger partial charge in [-0.25, -0.2) is 0 Å². The number of aromatic hydroxyl groups is 2. The molecule has 0 bridgehead atoms. The van der Waals surface area contributed by atoms with Crippen LogP contribution in [-0.2, 0) is 21.7 Å². The van der Waals surface area contributed by atoms with Crippen LogP contribution in [0.25, 0.3) is 11.1 Å². The van der Waals surface area contributed by atoms with Gasteiger partial charge in [0.1, 0.15) is 11.5 Å². The Labute approximate surface area is 342 Å². The molecule has 0 saturated carbocycles. The lowest BCUT2D eigenvalue weighted by atomic mass is 9.77. The molecule has 2 N–H and O–H groups in total. The molecule has 2 aliphatic carbocycles. The van der Waals surface area contributed by atoms with Gasteiger partial charge in [-0.15, -0.1) is 22.7 Å². The van der Waals surface area contributed by atoms with Gasteiger partial charge in [0.05, 0.1) is 18.7 Å². The largest absolute Gasteiger partial charge is 0.507 e. The second kappa shape index (κ2) is 14.3. The third-order valence-corrected chi connectivity index (χ3v) is 12.9. The lowest BCUT2D eigenvalue weighted by Crippen LogP contribution is -2.20. The van der Waals surface area contributed by atoms with E-state index in [1.807, 2.05) is 107 Å². The number of hydrogen-bond donors (Lipinski definition) is 2. The summed E-state index contributed by atoms with van der Waals surface area (Å²) in [5.74, 6) is -0.163. The zero-order valence-electron chi connectivity index (χ0n) is 32.7. The van der Waals surface area contributed by atoms with Crippen molar-refractivity contribution in [1.82, 2.24) is 0 Å². The Bertz CT molecular complexity index is 2090. The van der Waals surface area contributed by atoms with Gasteiger partial charge in [-0.05, 0) is 112 Å². The molecular formula is C44H46Br2O6S2. The summed E-state index contributed by atoms with van der Waals surface area (Å²) in [6.45, 7) is 24.2. The van der Waals surface area contributed by atoms with Crippen molar-refractivity contribution in [2.24, 2.45) is 0 Å². The van der Waals surface area contributed by atoms with Crippen molar-refractivity contribution in [1.29, 1.82) is 0 Å². The maximum absolute atomic E-state index is 13.1. The Morgan fingerprint density at radius 1 is 0.463 bits per heavy atom. The van der Waals surface area contributed by atoms with Crippen molar-refractivity contribution in [3.63, 3.8) is 0 Å². The number of carbonyl (C=O) groups is 4. The second-order valence-electron chi connectivity index (χ2n) is 17.9. The Hall–Kier alpha value is -3.44. The summed E-state index contributed by atoms with van der Waals surface area (Å²) in [5, 5.41) is 25.4. The van der Waals surface area contributed by atoms with Gasteiger partial charge in [0.25, 0.3) is 0 Å². The molecule has 0 saturated heterocycles. The Balaban J connectivity index is 0.000000208. The Morgan fingerprint density at radius 2 is 0.759 bits per heavy atom. The molecule has 4 aromatic rings. The minimum absolute atomic E-state index is 0.156. The molecule has 2 heterocycles. The van der Waals surface area contributed by atoms with E-state index < -0.39 is 0 Å². The topological polar surface area (TPSA) is 109 Å². The maximum Gasteiger partial charge on any atom is 0.211 e. The van der Waals surface area contributed by atoms with E-state index in [0.717, 1.165) is 22.3 Å². The molecule has 0 atom stereocenters. The fourth-order valence-electron chi connectivity index (χ4n) is 6.58. The van der Waals surface area contributed by atoms with Gasteiger partial charge in [0, 0.05) is 44.5 Å². The van der Waals surface area contributed by atoms with E-state index in [4.69, 9.17) is 0 Å². The quantitative estimate of drug-likeness (QED) is 0.207. The summed E-state index contributed by atoms with van der Waals surface area (Å²) >= 11 is 9.31. The maximum atomic E-state index is 13.1. The molecule has 2 aromatic carbocycles.